The van der Waals surface area contributed by atoms with E-state index in [2.05, 4.69) is 24.8 Å². The van der Waals surface area contributed by atoms with E-state index in [9.17, 15) is 4.79 Å². The third kappa shape index (κ3) is 6.54. The Kier molecular flexibility index (Phi) is 8.07. The number of rotatable bonds is 9. The van der Waals surface area contributed by atoms with Crippen molar-refractivity contribution in [3.8, 4) is 5.75 Å². The summed E-state index contributed by atoms with van der Waals surface area (Å²) in [5, 5.41) is 2.99. The fraction of sp³-hybridized carbons (Fsp3) is 0.565. The molecule has 6 heteroatoms. The van der Waals surface area contributed by atoms with Gasteiger partial charge in [-0.25, -0.2) is 4.98 Å². The number of benzene rings is 1. The summed E-state index contributed by atoms with van der Waals surface area (Å²) in [6.07, 6.45) is 3.88. The molecule has 1 aliphatic rings. The van der Waals surface area contributed by atoms with Crippen LogP contribution in [0.1, 0.15) is 62.2 Å². The van der Waals surface area contributed by atoms with Gasteiger partial charge in [-0.15, -0.1) is 11.3 Å². The Bertz CT molecular complexity index is 784. The third-order valence-corrected chi connectivity index (χ3v) is 6.30. The number of thiazole rings is 1. The van der Waals surface area contributed by atoms with Gasteiger partial charge in [0.25, 0.3) is 0 Å². The lowest BCUT2D eigenvalue weighted by molar-refractivity contribution is -0.129. The van der Waals surface area contributed by atoms with Crippen molar-refractivity contribution < 1.29 is 9.53 Å². The third-order valence-electron chi connectivity index (χ3n) is 5.42. The second-order valence-electron chi connectivity index (χ2n) is 8.06. The zero-order chi connectivity index (χ0) is 20.6. The number of carbonyl (C=O) groups excluding carboxylic acids is 1. The lowest BCUT2D eigenvalue weighted by atomic mass is 10.0. The Labute approximate surface area is 178 Å². The van der Waals surface area contributed by atoms with E-state index in [0.717, 1.165) is 42.6 Å². The van der Waals surface area contributed by atoms with Crippen molar-refractivity contribution in [1.82, 2.24) is 14.8 Å². The zero-order valence-electron chi connectivity index (χ0n) is 17.9. The fourth-order valence-electron chi connectivity index (χ4n) is 3.70. The molecule has 1 aromatic heterocycles. The van der Waals surface area contributed by atoms with E-state index in [4.69, 9.17) is 9.72 Å². The molecule has 2 heterocycles. The maximum Gasteiger partial charge on any atom is 0.219 e. The van der Waals surface area contributed by atoms with Gasteiger partial charge < -0.3 is 14.5 Å². The quantitative estimate of drug-likeness (QED) is 0.597. The molecule has 3 rings (SSSR count). The molecule has 1 aliphatic heterocycles. The molecule has 1 saturated heterocycles. The summed E-state index contributed by atoms with van der Waals surface area (Å²) < 4.78 is 6.04. The average molecular weight is 416 g/mol. The normalized spacial score (nSPS) is 14.9. The van der Waals surface area contributed by atoms with Crippen LogP contribution in [0.5, 0.6) is 5.75 Å². The van der Waals surface area contributed by atoms with Crippen molar-refractivity contribution in [3.63, 3.8) is 0 Å². The summed E-state index contributed by atoms with van der Waals surface area (Å²) >= 11 is 1.60. The fourth-order valence-corrected chi connectivity index (χ4v) is 4.40. The first-order chi connectivity index (χ1) is 14.0. The van der Waals surface area contributed by atoms with Gasteiger partial charge in [0.1, 0.15) is 17.4 Å². The highest BCUT2D eigenvalue weighted by Crippen LogP contribution is 2.27. The predicted molar refractivity (Wildman–Crippen MR) is 118 cm³/mol. The topological polar surface area (TPSA) is 45.7 Å². The lowest BCUT2D eigenvalue weighted by Crippen LogP contribution is -2.39. The molecule has 1 amide bonds. The van der Waals surface area contributed by atoms with Crippen LogP contribution in [-0.2, 0) is 17.9 Å². The minimum Gasteiger partial charge on any atom is -0.486 e. The van der Waals surface area contributed by atoms with Crippen LogP contribution in [0.3, 0.4) is 0 Å². The van der Waals surface area contributed by atoms with Gasteiger partial charge in [-0.3, -0.25) is 4.79 Å². The van der Waals surface area contributed by atoms with E-state index in [1.807, 2.05) is 28.5 Å². The molecular weight excluding hydrogens is 382 g/mol. The Balaban J connectivity index is 1.53. The molecule has 0 spiro atoms. The Morgan fingerprint density at radius 2 is 2.00 bits per heavy atom. The lowest BCUT2D eigenvalue weighted by Gasteiger charge is -2.29. The van der Waals surface area contributed by atoms with E-state index in [1.165, 1.54) is 24.8 Å². The molecular formula is C23H33N3O2S. The van der Waals surface area contributed by atoms with Crippen molar-refractivity contribution in [2.24, 2.45) is 0 Å². The van der Waals surface area contributed by atoms with E-state index < -0.39 is 0 Å². The number of para-hydroxylation sites is 1. The molecule has 0 aliphatic carbocycles. The Morgan fingerprint density at radius 1 is 1.24 bits per heavy atom. The van der Waals surface area contributed by atoms with Gasteiger partial charge in [0.15, 0.2) is 0 Å². The minimum atomic E-state index is 0.110. The van der Waals surface area contributed by atoms with Crippen molar-refractivity contribution in [1.29, 1.82) is 0 Å². The molecule has 0 N–H and O–H groups in total. The van der Waals surface area contributed by atoms with Crippen molar-refractivity contribution in [3.05, 3.63) is 45.9 Å². The molecule has 5 nitrogen and oxygen atoms in total. The molecule has 0 bridgehead atoms. The van der Waals surface area contributed by atoms with Gasteiger partial charge in [0.2, 0.25) is 5.91 Å². The highest BCUT2D eigenvalue weighted by Gasteiger charge is 2.16. The van der Waals surface area contributed by atoms with Crippen LogP contribution in [0.4, 0.5) is 0 Å². The summed E-state index contributed by atoms with van der Waals surface area (Å²) in [6, 6.07) is 8.17. The highest BCUT2D eigenvalue weighted by molar-refractivity contribution is 7.09. The number of nitrogens with zero attached hydrogens (tertiary/aromatic N) is 3. The van der Waals surface area contributed by atoms with Gasteiger partial charge in [0.05, 0.1) is 12.2 Å². The van der Waals surface area contributed by atoms with Gasteiger partial charge >= 0.3 is 0 Å². The number of piperidine rings is 1. The van der Waals surface area contributed by atoms with Gasteiger partial charge in [-0.1, -0.05) is 38.5 Å². The largest absolute Gasteiger partial charge is 0.486 e. The summed E-state index contributed by atoms with van der Waals surface area (Å²) in [6.45, 7) is 11.0. The smallest absolute Gasteiger partial charge is 0.219 e. The van der Waals surface area contributed by atoms with Crippen LogP contribution >= 0.6 is 11.3 Å². The van der Waals surface area contributed by atoms with Crippen LogP contribution < -0.4 is 4.74 Å². The number of hydrogen-bond acceptors (Lipinski definition) is 5. The molecule has 1 fully saturated rings. The molecule has 0 radical (unpaired) electrons. The van der Waals surface area contributed by atoms with Crippen molar-refractivity contribution >= 4 is 17.2 Å². The minimum absolute atomic E-state index is 0.110. The van der Waals surface area contributed by atoms with Crippen LogP contribution in [0.25, 0.3) is 0 Å². The first-order valence-electron chi connectivity index (χ1n) is 10.7. The molecule has 0 saturated carbocycles. The van der Waals surface area contributed by atoms with Crippen molar-refractivity contribution in [2.45, 2.75) is 59.1 Å². The standard InChI is InChI=1S/C23H33N3O2S/c1-18(2)21-9-5-6-10-22(21)28-16-23-24-20(17-29-23)15-26(19(3)27)14-13-25-11-7-4-8-12-25/h5-6,9-10,17-18H,4,7-8,11-16H2,1-3H3. The first-order valence-corrected chi connectivity index (χ1v) is 11.5. The van der Waals surface area contributed by atoms with E-state index >= 15 is 0 Å². The van der Waals surface area contributed by atoms with Crippen LogP contribution in [0.15, 0.2) is 29.6 Å². The SMILES string of the molecule is CC(=O)N(CCN1CCCCC1)Cc1csc(COc2ccccc2C(C)C)n1. The summed E-state index contributed by atoms with van der Waals surface area (Å²) in [5.41, 5.74) is 2.16. The van der Waals surface area contributed by atoms with Crippen LogP contribution in [0, 0.1) is 0 Å². The van der Waals surface area contributed by atoms with Crippen LogP contribution in [-0.4, -0.2) is 46.9 Å². The molecule has 0 atom stereocenters. The average Bonchev–Trinajstić information content (AvgIpc) is 3.17. The van der Waals surface area contributed by atoms with Gasteiger partial charge in [0, 0.05) is 25.4 Å². The summed E-state index contributed by atoms with van der Waals surface area (Å²) in [5.74, 6) is 1.45. The maximum atomic E-state index is 12.1. The molecule has 0 unspecified atom stereocenters. The Hall–Kier alpha value is -1.92. The highest BCUT2D eigenvalue weighted by atomic mass is 32.1. The second kappa shape index (κ2) is 10.7. The monoisotopic (exact) mass is 415 g/mol. The molecule has 1 aromatic carbocycles. The number of amides is 1. The van der Waals surface area contributed by atoms with E-state index in [1.54, 1.807) is 18.3 Å². The van der Waals surface area contributed by atoms with E-state index in [-0.39, 0.29) is 5.91 Å². The number of carbonyl (C=O) groups is 1. The van der Waals surface area contributed by atoms with Crippen LogP contribution in [0.2, 0.25) is 0 Å². The van der Waals surface area contributed by atoms with E-state index in [0.29, 0.717) is 19.1 Å². The number of aromatic nitrogens is 1. The first kappa shape index (κ1) is 21.8. The summed E-state index contributed by atoms with van der Waals surface area (Å²) in [4.78, 5) is 21.2. The Morgan fingerprint density at radius 3 is 2.72 bits per heavy atom. The predicted octanol–water partition coefficient (Wildman–Crippen LogP) is 4.68. The van der Waals surface area contributed by atoms with Gasteiger partial charge in [-0.2, -0.15) is 0 Å². The van der Waals surface area contributed by atoms with Gasteiger partial charge in [-0.05, 0) is 43.5 Å². The molecule has 2 aromatic rings. The summed E-state index contributed by atoms with van der Waals surface area (Å²) in [7, 11) is 0. The molecule has 158 valence electrons. The number of ether oxygens (including phenoxy) is 1. The van der Waals surface area contributed by atoms with Crippen molar-refractivity contribution in [2.75, 3.05) is 26.2 Å². The zero-order valence-corrected chi connectivity index (χ0v) is 18.7. The number of hydrogen-bond donors (Lipinski definition) is 0. The second-order valence-corrected chi connectivity index (χ2v) is 9.00. The molecule has 29 heavy (non-hydrogen) atoms. The maximum absolute atomic E-state index is 12.1. The number of likely N-dealkylation sites (tertiary alicyclic amines) is 1.